The molecule has 1 aromatic carbocycles. The van der Waals surface area contributed by atoms with Gasteiger partial charge in [-0.3, -0.25) is 9.79 Å². The summed E-state index contributed by atoms with van der Waals surface area (Å²) in [5, 5.41) is 6.65. The van der Waals surface area contributed by atoms with Crippen LogP contribution in [0, 0.1) is 13.8 Å². The summed E-state index contributed by atoms with van der Waals surface area (Å²) in [4.78, 5) is 17.9. The Morgan fingerprint density at radius 3 is 2.68 bits per heavy atom. The molecule has 25 heavy (non-hydrogen) atoms. The maximum Gasteiger partial charge on any atom is 0.222 e. The van der Waals surface area contributed by atoms with Crippen LogP contribution in [0.15, 0.2) is 23.2 Å². The minimum Gasteiger partial charge on any atom is -0.492 e. The van der Waals surface area contributed by atoms with Gasteiger partial charge in [0.05, 0.1) is 6.54 Å². The first-order valence-electron chi connectivity index (χ1n) is 8.98. The number of nitrogens with one attached hydrogen (secondary N) is 2. The molecule has 1 aromatic rings. The van der Waals surface area contributed by atoms with Crippen molar-refractivity contribution < 1.29 is 9.53 Å². The molecule has 2 N–H and O–H groups in total. The van der Waals surface area contributed by atoms with E-state index in [0.717, 1.165) is 31.2 Å². The van der Waals surface area contributed by atoms with Crippen molar-refractivity contribution in [2.45, 2.75) is 39.7 Å². The van der Waals surface area contributed by atoms with Gasteiger partial charge in [0.2, 0.25) is 5.91 Å². The fourth-order valence-corrected chi connectivity index (χ4v) is 3.07. The van der Waals surface area contributed by atoms with E-state index < -0.39 is 0 Å². The van der Waals surface area contributed by atoms with Gasteiger partial charge >= 0.3 is 0 Å². The van der Waals surface area contributed by atoms with Crippen LogP contribution in [-0.4, -0.2) is 56.1 Å². The number of amides is 1. The molecule has 0 bridgehead atoms. The second kappa shape index (κ2) is 9.30. The summed E-state index contributed by atoms with van der Waals surface area (Å²) in [5.74, 6) is 1.86. The molecular weight excluding hydrogens is 316 g/mol. The standard InChI is InChI=1S/C19H30N4O2/c1-5-18(24)23-8-6-16(13-23)22-19(20-4)21-7-9-25-17-11-14(2)10-15(3)12-17/h10-12,16H,5-9,13H2,1-4H3,(H2,20,21,22). The number of ether oxygens (including phenoxy) is 1. The highest BCUT2D eigenvalue weighted by Crippen LogP contribution is 2.15. The van der Waals surface area contributed by atoms with Crippen molar-refractivity contribution in [1.82, 2.24) is 15.5 Å². The number of carbonyl (C=O) groups is 1. The number of hydrogen-bond acceptors (Lipinski definition) is 3. The highest BCUT2D eigenvalue weighted by molar-refractivity contribution is 5.80. The van der Waals surface area contributed by atoms with Crippen LogP contribution in [0.4, 0.5) is 0 Å². The Kier molecular flexibility index (Phi) is 7.10. The Balaban J connectivity index is 1.71. The first kappa shape index (κ1) is 19.1. The summed E-state index contributed by atoms with van der Waals surface area (Å²) in [6.07, 6.45) is 1.51. The van der Waals surface area contributed by atoms with Gasteiger partial charge in [-0.25, -0.2) is 0 Å². The molecule has 138 valence electrons. The number of hydrogen-bond donors (Lipinski definition) is 2. The van der Waals surface area contributed by atoms with Crippen LogP contribution < -0.4 is 15.4 Å². The lowest BCUT2D eigenvalue weighted by atomic mass is 10.1. The van der Waals surface area contributed by atoms with Crippen LogP contribution in [0.3, 0.4) is 0 Å². The van der Waals surface area contributed by atoms with Crippen LogP contribution in [0.25, 0.3) is 0 Å². The molecule has 0 spiro atoms. The van der Waals surface area contributed by atoms with E-state index in [1.807, 2.05) is 24.0 Å². The Bertz CT molecular complexity index is 595. The zero-order valence-corrected chi connectivity index (χ0v) is 15.8. The molecule has 1 saturated heterocycles. The molecule has 0 radical (unpaired) electrons. The van der Waals surface area contributed by atoms with Crippen molar-refractivity contribution >= 4 is 11.9 Å². The van der Waals surface area contributed by atoms with Crippen LogP contribution in [0.5, 0.6) is 5.75 Å². The number of aliphatic imine (C=N–C) groups is 1. The van der Waals surface area contributed by atoms with Crippen molar-refractivity contribution in [3.8, 4) is 5.75 Å². The van der Waals surface area contributed by atoms with Crippen LogP contribution in [0.1, 0.15) is 30.9 Å². The second-order valence-corrected chi connectivity index (χ2v) is 6.49. The Morgan fingerprint density at radius 1 is 1.32 bits per heavy atom. The summed E-state index contributed by atoms with van der Waals surface area (Å²) in [7, 11) is 1.75. The number of carbonyl (C=O) groups excluding carboxylic acids is 1. The van der Waals surface area contributed by atoms with E-state index in [0.29, 0.717) is 19.6 Å². The predicted molar refractivity (Wildman–Crippen MR) is 101 cm³/mol. The summed E-state index contributed by atoms with van der Waals surface area (Å²) in [6.45, 7) is 8.82. The minimum atomic E-state index is 0.217. The third kappa shape index (κ3) is 5.96. The smallest absolute Gasteiger partial charge is 0.222 e. The number of benzene rings is 1. The lowest BCUT2D eigenvalue weighted by Gasteiger charge is -2.19. The maximum atomic E-state index is 11.7. The molecule has 1 amide bonds. The van der Waals surface area contributed by atoms with Gasteiger partial charge in [-0.15, -0.1) is 0 Å². The Hall–Kier alpha value is -2.24. The fourth-order valence-electron chi connectivity index (χ4n) is 3.07. The van der Waals surface area contributed by atoms with E-state index in [1.165, 1.54) is 11.1 Å². The molecule has 2 rings (SSSR count). The number of guanidine groups is 1. The van der Waals surface area contributed by atoms with Crippen LogP contribution >= 0.6 is 0 Å². The molecule has 1 aliphatic rings. The van der Waals surface area contributed by atoms with Crippen molar-refractivity contribution in [3.63, 3.8) is 0 Å². The van der Waals surface area contributed by atoms with Gasteiger partial charge in [-0.1, -0.05) is 13.0 Å². The number of nitrogens with zero attached hydrogens (tertiary/aromatic N) is 2. The van der Waals surface area contributed by atoms with E-state index in [1.54, 1.807) is 7.05 Å². The molecule has 1 heterocycles. The van der Waals surface area contributed by atoms with E-state index in [4.69, 9.17) is 4.74 Å². The quantitative estimate of drug-likeness (QED) is 0.469. The zero-order chi connectivity index (χ0) is 18.2. The predicted octanol–water partition coefficient (Wildman–Crippen LogP) is 1.86. The van der Waals surface area contributed by atoms with Crippen LogP contribution in [0.2, 0.25) is 0 Å². The van der Waals surface area contributed by atoms with Gasteiger partial charge in [0.25, 0.3) is 0 Å². The van der Waals surface area contributed by atoms with E-state index in [2.05, 4.69) is 35.5 Å². The molecule has 0 aromatic heterocycles. The third-order valence-corrected chi connectivity index (χ3v) is 4.27. The summed E-state index contributed by atoms with van der Waals surface area (Å²) in [6, 6.07) is 6.46. The van der Waals surface area contributed by atoms with Gasteiger partial charge in [0.1, 0.15) is 12.4 Å². The van der Waals surface area contributed by atoms with Crippen molar-refractivity contribution in [2.24, 2.45) is 4.99 Å². The molecule has 0 aliphatic carbocycles. The van der Waals surface area contributed by atoms with Gasteiger partial charge in [0.15, 0.2) is 5.96 Å². The molecule has 0 saturated carbocycles. The van der Waals surface area contributed by atoms with Crippen LogP contribution in [-0.2, 0) is 4.79 Å². The topological polar surface area (TPSA) is 66.0 Å². The van der Waals surface area contributed by atoms with Crippen molar-refractivity contribution in [1.29, 1.82) is 0 Å². The minimum absolute atomic E-state index is 0.217. The largest absolute Gasteiger partial charge is 0.492 e. The molecule has 6 heteroatoms. The van der Waals surface area contributed by atoms with E-state index >= 15 is 0 Å². The first-order chi connectivity index (χ1) is 12.0. The average Bonchev–Trinajstić information content (AvgIpc) is 3.04. The van der Waals surface area contributed by atoms with Gasteiger partial charge in [-0.05, 0) is 43.5 Å². The molecule has 1 atom stereocenters. The summed E-state index contributed by atoms with van der Waals surface area (Å²) < 4.78 is 5.80. The highest BCUT2D eigenvalue weighted by atomic mass is 16.5. The average molecular weight is 346 g/mol. The molecule has 1 aliphatic heterocycles. The van der Waals surface area contributed by atoms with E-state index in [-0.39, 0.29) is 11.9 Å². The summed E-state index contributed by atoms with van der Waals surface area (Å²) in [5.41, 5.74) is 2.40. The number of likely N-dealkylation sites (tertiary alicyclic amines) is 1. The third-order valence-electron chi connectivity index (χ3n) is 4.27. The first-order valence-corrected chi connectivity index (χ1v) is 8.98. The van der Waals surface area contributed by atoms with Gasteiger partial charge < -0.3 is 20.3 Å². The molecule has 1 unspecified atom stereocenters. The zero-order valence-electron chi connectivity index (χ0n) is 15.8. The SMILES string of the molecule is CCC(=O)N1CCC(NC(=NC)NCCOc2cc(C)cc(C)c2)C1. The van der Waals surface area contributed by atoms with Crippen molar-refractivity contribution in [3.05, 3.63) is 29.3 Å². The molecular formula is C19H30N4O2. The number of rotatable bonds is 6. The Labute approximate surface area is 150 Å². The Morgan fingerprint density at radius 2 is 2.04 bits per heavy atom. The highest BCUT2D eigenvalue weighted by Gasteiger charge is 2.25. The lowest BCUT2D eigenvalue weighted by molar-refractivity contribution is -0.129. The fraction of sp³-hybridized carbons (Fsp3) is 0.579. The lowest BCUT2D eigenvalue weighted by Crippen LogP contribution is -2.46. The maximum absolute atomic E-state index is 11.7. The van der Waals surface area contributed by atoms with Crippen molar-refractivity contribution in [2.75, 3.05) is 33.3 Å². The van der Waals surface area contributed by atoms with Gasteiger partial charge in [-0.2, -0.15) is 0 Å². The second-order valence-electron chi connectivity index (χ2n) is 6.49. The summed E-state index contributed by atoms with van der Waals surface area (Å²) >= 11 is 0. The van der Waals surface area contributed by atoms with Gasteiger partial charge in [0, 0.05) is 32.6 Å². The molecule has 6 nitrogen and oxygen atoms in total. The normalized spacial score (nSPS) is 17.5. The monoisotopic (exact) mass is 346 g/mol. The number of aryl methyl sites for hydroxylation is 2. The molecule has 1 fully saturated rings. The van der Waals surface area contributed by atoms with E-state index in [9.17, 15) is 4.79 Å².